The molecule has 9 heteroatoms. The van der Waals surface area contributed by atoms with Crippen LogP contribution < -0.4 is 25.4 Å². The number of hydrogen-bond donors (Lipinski definition) is 3. The molecule has 0 heterocycles. The Morgan fingerprint density at radius 2 is 1.57 bits per heavy atom. The topological polar surface area (TPSA) is 106 Å². The van der Waals surface area contributed by atoms with Crippen LogP contribution in [0.25, 0.3) is 6.08 Å². The van der Waals surface area contributed by atoms with Crippen molar-refractivity contribution in [3.05, 3.63) is 119 Å². The second-order valence-corrected chi connectivity index (χ2v) is 11.0. The first-order chi connectivity index (χ1) is 21.3. The molecule has 0 spiro atoms. The Morgan fingerprint density at radius 1 is 0.841 bits per heavy atom. The Morgan fingerprint density at radius 3 is 2.27 bits per heavy atom. The summed E-state index contributed by atoms with van der Waals surface area (Å²) in [5, 5.41) is 8.30. The Labute approximate surface area is 261 Å². The van der Waals surface area contributed by atoms with Gasteiger partial charge in [0.15, 0.2) is 11.5 Å². The molecule has 0 fully saturated rings. The van der Waals surface area contributed by atoms with Crippen molar-refractivity contribution in [1.29, 1.82) is 0 Å². The molecule has 1 atom stereocenters. The Hall–Kier alpha value is -5.02. The Bertz CT molecular complexity index is 1660. The number of benzene rings is 4. The Kier molecular flexibility index (Phi) is 11.2. The van der Waals surface area contributed by atoms with E-state index in [4.69, 9.17) is 9.47 Å². The molecular formula is C35H35N3O5S. The summed E-state index contributed by atoms with van der Waals surface area (Å²) < 4.78 is 10.9. The van der Waals surface area contributed by atoms with Gasteiger partial charge in [-0.15, -0.1) is 11.8 Å². The van der Waals surface area contributed by atoms with E-state index in [0.29, 0.717) is 34.7 Å². The lowest BCUT2D eigenvalue weighted by Gasteiger charge is -2.17. The third kappa shape index (κ3) is 8.29. The highest BCUT2D eigenvalue weighted by molar-refractivity contribution is 8.00. The van der Waals surface area contributed by atoms with Gasteiger partial charge in [0.1, 0.15) is 5.70 Å². The van der Waals surface area contributed by atoms with Gasteiger partial charge < -0.3 is 25.4 Å². The molecular weight excluding hydrogens is 574 g/mol. The van der Waals surface area contributed by atoms with Gasteiger partial charge in [-0.1, -0.05) is 61.5 Å². The lowest BCUT2D eigenvalue weighted by Crippen LogP contribution is -2.30. The lowest BCUT2D eigenvalue weighted by molar-refractivity contribution is -0.116. The molecule has 226 valence electrons. The van der Waals surface area contributed by atoms with Crippen LogP contribution in [0.4, 0.5) is 11.4 Å². The van der Waals surface area contributed by atoms with Crippen molar-refractivity contribution >= 4 is 46.9 Å². The van der Waals surface area contributed by atoms with E-state index in [1.807, 2.05) is 50.2 Å². The lowest BCUT2D eigenvalue weighted by atomic mass is 10.1. The van der Waals surface area contributed by atoms with Gasteiger partial charge >= 0.3 is 0 Å². The van der Waals surface area contributed by atoms with Gasteiger partial charge in [-0.25, -0.2) is 0 Å². The number of rotatable bonds is 12. The summed E-state index contributed by atoms with van der Waals surface area (Å²) in [6.45, 7) is 3.91. The third-order valence-electron chi connectivity index (χ3n) is 6.70. The average Bonchev–Trinajstić information content (AvgIpc) is 3.04. The molecule has 1 unspecified atom stereocenters. The molecule has 4 aromatic rings. The number of anilines is 2. The fourth-order valence-electron chi connectivity index (χ4n) is 4.38. The minimum Gasteiger partial charge on any atom is -0.493 e. The van der Waals surface area contributed by atoms with E-state index in [-0.39, 0.29) is 16.9 Å². The van der Waals surface area contributed by atoms with E-state index >= 15 is 0 Å². The van der Waals surface area contributed by atoms with Crippen molar-refractivity contribution in [3.63, 3.8) is 0 Å². The monoisotopic (exact) mass is 609 g/mol. The molecule has 3 N–H and O–H groups in total. The summed E-state index contributed by atoms with van der Waals surface area (Å²) in [5.41, 5.74) is 3.22. The summed E-state index contributed by atoms with van der Waals surface area (Å²) in [6.07, 6.45) is 2.15. The van der Waals surface area contributed by atoms with E-state index in [1.54, 1.807) is 66.7 Å². The maximum atomic E-state index is 13.6. The number of aryl methyl sites for hydroxylation is 1. The molecule has 0 aliphatic heterocycles. The fraction of sp³-hybridized carbons (Fsp3) is 0.171. The zero-order valence-electron chi connectivity index (χ0n) is 25.0. The van der Waals surface area contributed by atoms with Crippen molar-refractivity contribution in [2.75, 3.05) is 24.9 Å². The first-order valence-electron chi connectivity index (χ1n) is 14.1. The molecule has 0 radical (unpaired) electrons. The van der Waals surface area contributed by atoms with Crippen LogP contribution >= 0.6 is 11.8 Å². The van der Waals surface area contributed by atoms with Crippen LogP contribution in [0.3, 0.4) is 0 Å². The van der Waals surface area contributed by atoms with Crippen molar-refractivity contribution in [3.8, 4) is 11.5 Å². The zero-order chi connectivity index (χ0) is 31.5. The van der Waals surface area contributed by atoms with Crippen LogP contribution in [0.2, 0.25) is 0 Å². The molecule has 4 aromatic carbocycles. The van der Waals surface area contributed by atoms with E-state index < -0.39 is 11.8 Å². The van der Waals surface area contributed by atoms with Crippen LogP contribution in [0.15, 0.2) is 108 Å². The number of thioether (sulfide) groups is 1. The van der Waals surface area contributed by atoms with Gasteiger partial charge in [0.05, 0.1) is 19.5 Å². The molecule has 8 nitrogen and oxygen atoms in total. The quantitative estimate of drug-likeness (QED) is 0.119. The van der Waals surface area contributed by atoms with Crippen LogP contribution in [0.5, 0.6) is 11.5 Å². The Balaban J connectivity index is 1.56. The van der Waals surface area contributed by atoms with Crippen molar-refractivity contribution in [2.24, 2.45) is 0 Å². The number of methoxy groups -OCH3 is 2. The second kappa shape index (κ2) is 15.5. The standard InChI is InChI=1S/C35H35N3O5S/c1-5-31(35(41)37-28-19-10-9-13-23(28)2)44-27-18-12-17-26(22-27)36-34(40)29(38-33(39)24-14-7-6-8-15-24)21-25-16-11-20-30(42-3)32(25)43-4/h6-22,31H,5H2,1-4H3,(H,36,40)(H,37,41)(H,38,39)/b29-21+. The van der Waals surface area contributed by atoms with Crippen LogP contribution in [0.1, 0.15) is 34.8 Å². The molecule has 0 bridgehead atoms. The van der Waals surface area contributed by atoms with Gasteiger partial charge in [0.2, 0.25) is 5.91 Å². The summed E-state index contributed by atoms with van der Waals surface area (Å²) >= 11 is 1.41. The summed E-state index contributed by atoms with van der Waals surface area (Å²) in [6, 6.07) is 28.8. The second-order valence-electron chi connectivity index (χ2n) is 9.76. The summed E-state index contributed by atoms with van der Waals surface area (Å²) in [4.78, 5) is 40.6. The average molecular weight is 610 g/mol. The minimum atomic E-state index is -0.536. The predicted molar refractivity (Wildman–Crippen MR) is 176 cm³/mol. The zero-order valence-corrected chi connectivity index (χ0v) is 25.9. The number of carbonyl (C=O) groups is 3. The highest BCUT2D eigenvalue weighted by Crippen LogP contribution is 2.33. The highest BCUT2D eigenvalue weighted by Gasteiger charge is 2.20. The predicted octanol–water partition coefficient (Wildman–Crippen LogP) is 6.93. The number of nitrogens with one attached hydrogen (secondary N) is 3. The van der Waals surface area contributed by atoms with Gasteiger partial charge in [0, 0.05) is 27.4 Å². The summed E-state index contributed by atoms with van der Waals surface area (Å²) in [7, 11) is 3.03. The number of hydrogen-bond acceptors (Lipinski definition) is 6. The fourth-order valence-corrected chi connectivity index (χ4v) is 5.40. The largest absolute Gasteiger partial charge is 0.493 e. The molecule has 0 aromatic heterocycles. The van der Waals surface area contributed by atoms with E-state index in [0.717, 1.165) is 16.1 Å². The van der Waals surface area contributed by atoms with Crippen LogP contribution in [-0.4, -0.2) is 37.2 Å². The van der Waals surface area contributed by atoms with E-state index in [9.17, 15) is 14.4 Å². The molecule has 0 saturated heterocycles. The molecule has 4 rings (SSSR count). The summed E-state index contributed by atoms with van der Waals surface area (Å²) in [5.74, 6) is -0.170. The number of carbonyl (C=O) groups excluding carboxylic acids is 3. The van der Waals surface area contributed by atoms with Gasteiger partial charge in [-0.05, 0) is 67.4 Å². The van der Waals surface area contributed by atoms with Crippen molar-refractivity contribution in [2.45, 2.75) is 30.4 Å². The molecule has 3 amide bonds. The normalized spacial score (nSPS) is 11.7. The van der Waals surface area contributed by atoms with Crippen LogP contribution in [-0.2, 0) is 9.59 Å². The minimum absolute atomic E-state index is 0.00695. The molecule has 0 aliphatic rings. The van der Waals surface area contributed by atoms with Gasteiger partial charge in [-0.2, -0.15) is 0 Å². The van der Waals surface area contributed by atoms with Gasteiger partial charge in [-0.3, -0.25) is 14.4 Å². The number of ether oxygens (including phenoxy) is 2. The SMILES string of the molecule is CCC(Sc1cccc(NC(=O)/C(=C\c2cccc(OC)c2OC)NC(=O)c2ccccc2)c1)C(=O)Nc1ccccc1C. The van der Waals surface area contributed by atoms with Crippen LogP contribution in [0, 0.1) is 6.92 Å². The number of amides is 3. The van der Waals surface area contributed by atoms with Crippen molar-refractivity contribution < 1.29 is 23.9 Å². The van der Waals surface area contributed by atoms with Gasteiger partial charge in [0.25, 0.3) is 11.8 Å². The third-order valence-corrected chi connectivity index (χ3v) is 8.06. The maximum Gasteiger partial charge on any atom is 0.272 e. The first-order valence-corrected chi connectivity index (χ1v) is 14.9. The molecule has 0 saturated carbocycles. The first kappa shape index (κ1) is 31.9. The smallest absolute Gasteiger partial charge is 0.272 e. The number of para-hydroxylation sites is 2. The van der Waals surface area contributed by atoms with E-state index in [1.165, 1.54) is 26.0 Å². The molecule has 44 heavy (non-hydrogen) atoms. The van der Waals surface area contributed by atoms with E-state index in [2.05, 4.69) is 16.0 Å². The maximum absolute atomic E-state index is 13.6. The van der Waals surface area contributed by atoms with Crippen molar-refractivity contribution in [1.82, 2.24) is 5.32 Å². The highest BCUT2D eigenvalue weighted by atomic mass is 32.2. The molecule has 0 aliphatic carbocycles.